The summed E-state index contributed by atoms with van der Waals surface area (Å²) < 4.78 is 62.9. The molecular formula is C20H16BrF4NO3. The van der Waals surface area contributed by atoms with Crippen LogP contribution in [0.25, 0.3) is 0 Å². The molecule has 9 heteroatoms. The van der Waals surface area contributed by atoms with Gasteiger partial charge < -0.3 is 9.47 Å². The molecule has 2 aromatic rings. The molecule has 29 heavy (non-hydrogen) atoms. The zero-order valence-electron chi connectivity index (χ0n) is 15.2. The van der Waals surface area contributed by atoms with Crippen LogP contribution in [-0.2, 0) is 28.7 Å². The van der Waals surface area contributed by atoms with E-state index in [-0.39, 0.29) is 46.2 Å². The molecule has 4 rings (SSSR count). The maximum atomic E-state index is 14.1. The Morgan fingerprint density at radius 2 is 2.07 bits per heavy atom. The summed E-state index contributed by atoms with van der Waals surface area (Å²) in [5.74, 6) is -0.710. The smallest absolute Gasteiger partial charge is 0.417 e. The second-order valence-corrected chi connectivity index (χ2v) is 7.96. The predicted molar refractivity (Wildman–Crippen MR) is 97.7 cm³/mol. The van der Waals surface area contributed by atoms with Crippen LogP contribution >= 0.6 is 15.9 Å². The van der Waals surface area contributed by atoms with Crippen LogP contribution < -0.4 is 4.74 Å². The Kier molecular flexibility index (Phi) is 5.04. The summed E-state index contributed by atoms with van der Waals surface area (Å²) in [4.78, 5) is 16.1. The van der Waals surface area contributed by atoms with Gasteiger partial charge in [0.25, 0.3) is 0 Å². The van der Waals surface area contributed by atoms with Crippen molar-refractivity contribution in [2.24, 2.45) is 11.8 Å². The van der Waals surface area contributed by atoms with E-state index < -0.39 is 17.6 Å². The minimum absolute atomic E-state index is 0.0163. The molecule has 1 aromatic heterocycles. The number of nitrogens with zero attached hydrogens (tertiary/aromatic N) is 1. The van der Waals surface area contributed by atoms with Crippen molar-refractivity contribution >= 4 is 21.9 Å². The van der Waals surface area contributed by atoms with Gasteiger partial charge in [-0.25, -0.2) is 9.37 Å². The zero-order valence-corrected chi connectivity index (χ0v) is 16.8. The van der Waals surface area contributed by atoms with Gasteiger partial charge in [-0.05, 0) is 42.5 Å². The van der Waals surface area contributed by atoms with Crippen molar-refractivity contribution in [1.82, 2.24) is 4.98 Å². The molecule has 3 atom stereocenters. The Balaban J connectivity index is 1.44. The van der Waals surface area contributed by atoms with Crippen LogP contribution in [0.1, 0.15) is 35.1 Å². The number of esters is 1. The van der Waals surface area contributed by atoms with Crippen LogP contribution in [0, 0.1) is 17.7 Å². The number of carbonyl (C=O) groups is 1. The van der Waals surface area contributed by atoms with Crippen LogP contribution in [0.5, 0.6) is 5.88 Å². The average molecular weight is 474 g/mol. The Morgan fingerprint density at radius 3 is 2.76 bits per heavy atom. The zero-order chi connectivity index (χ0) is 20.9. The number of aromatic nitrogens is 1. The minimum Gasteiger partial charge on any atom is -0.473 e. The maximum absolute atomic E-state index is 14.1. The molecule has 0 aliphatic heterocycles. The second-order valence-electron chi connectivity index (χ2n) is 7.10. The van der Waals surface area contributed by atoms with Crippen LogP contribution in [0.4, 0.5) is 17.6 Å². The van der Waals surface area contributed by atoms with Gasteiger partial charge in [-0.15, -0.1) is 0 Å². The second kappa shape index (κ2) is 7.27. The molecule has 0 amide bonds. The van der Waals surface area contributed by atoms with E-state index in [4.69, 9.17) is 9.47 Å². The largest absolute Gasteiger partial charge is 0.473 e. The lowest BCUT2D eigenvalue weighted by Crippen LogP contribution is -2.11. The van der Waals surface area contributed by atoms with E-state index in [1.54, 1.807) is 19.2 Å². The molecule has 0 radical (unpaired) electrons. The van der Waals surface area contributed by atoms with Crippen molar-refractivity contribution in [1.29, 1.82) is 0 Å². The fourth-order valence-electron chi connectivity index (χ4n) is 3.97. The third-order valence-corrected chi connectivity index (χ3v) is 6.01. The summed E-state index contributed by atoms with van der Waals surface area (Å²) in [6.07, 6.45) is -2.29. The topological polar surface area (TPSA) is 48.4 Å². The minimum atomic E-state index is -4.65. The summed E-state index contributed by atoms with van der Waals surface area (Å²) >= 11 is 2.83. The molecule has 4 nitrogen and oxygen atoms in total. The van der Waals surface area contributed by atoms with Crippen LogP contribution in [0.2, 0.25) is 0 Å². The van der Waals surface area contributed by atoms with Gasteiger partial charge in [0.15, 0.2) is 0 Å². The lowest BCUT2D eigenvalue weighted by Gasteiger charge is -2.13. The van der Waals surface area contributed by atoms with Gasteiger partial charge in [0.2, 0.25) is 5.88 Å². The van der Waals surface area contributed by atoms with Crippen molar-refractivity contribution in [3.63, 3.8) is 0 Å². The first kappa shape index (κ1) is 20.1. The number of carbonyl (C=O) groups excluding carboxylic acids is 1. The summed E-state index contributed by atoms with van der Waals surface area (Å²) in [5.41, 5.74) is 0.908. The van der Waals surface area contributed by atoms with Gasteiger partial charge >= 0.3 is 12.1 Å². The molecule has 2 aliphatic rings. The molecule has 1 fully saturated rings. The van der Waals surface area contributed by atoms with E-state index in [1.165, 1.54) is 0 Å². The highest BCUT2D eigenvalue weighted by Gasteiger charge is 2.60. The number of halogens is 5. The van der Waals surface area contributed by atoms with E-state index >= 15 is 0 Å². The molecule has 1 heterocycles. The number of fused-ring (bicyclic) bond motifs is 3. The molecule has 1 saturated carbocycles. The fourth-order valence-corrected chi connectivity index (χ4v) is 4.59. The van der Waals surface area contributed by atoms with Crippen molar-refractivity contribution in [2.75, 3.05) is 6.61 Å². The number of alkyl halides is 3. The number of benzene rings is 1. The molecule has 2 aliphatic carbocycles. The molecule has 154 valence electrons. The van der Waals surface area contributed by atoms with Gasteiger partial charge in [-0.3, -0.25) is 4.79 Å². The Morgan fingerprint density at radius 1 is 1.31 bits per heavy atom. The molecule has 1 aromatic carbocycles. The molecule has 0 unspecified atom stereocenters. The summed E-state index contributed by atoms with van der Waals surface area (Å²) in [6.45, 7) is 1.86. The molecular weight excluding hydrogens is 458 g/mol. The first-order chi connectivity index (χ1) is 13.7. The predicted octanol–water partition coefficient (Wildman–Crippen LogP) is 5.03. The van der Waals surface area contributed by atoms with Crippen molar-refractivity contribution in [3.05, 3.63) is 56.9 Å². The Labute approximate surface area is 172 Å². The number of pyridine rings is 1. The van der Waals surface area contributed by atoms with Crippen LogP contribution in [-0.4, -0.2) is 17.6 Å². The standard InChI is InChI=1S/C20H16BrF4NO3/c1-2-28-19(27)18-11-3-9-5-16(26-7-12(9)17(11)18)29-8-10-4-14(21)13(6-15(10)22)20(23,24)25/h4-7,11,17-18H,2-3,8H2,1H3/t11-,17-,18+/m1/s1. The molecule has 0 saturated heterocycles. The third kappa shape index (κ3) is 3.72. The quantitative estimate of drug-likeness (QED) is 0.451. The number of ether oxygens (including phenoxy) is 2. The van der Waals surface area contributed by atoms with Crippen molar-refractivity contribution < 1.29 is 31.8 Å². The Hall–Kier alpha value is -2.16. The van der Waals surface area contributed by atoms with Gasteiger partial charge in [-0.1, -0.05) is 15.9 Å². The highest BCUT2D eigenvalue weighted by molar-refractivity contribution is 9.10. The molecule has 0 bridgehead atoms. The first-order valence-corrected chi connectivity index (χ1v) is 9.83. The average Bonchev–Trinajstić information content (AvgIpc) is 3.23. The highest BCUT2D eigenvalue weighted by atomic mass is 79.9. The lowest BCUT2D eigenvalue weighted by molar-refractivity contribution is -0.145. The van der Waals surface area contributed by atoms with Gasteiger partial charge in [-0.2, -0.15) is 13.2 Å². The molecule has 0 spiro atoms. The van der Waals surface area contributed by atoms with E-state index in [0.717, 1.165) is 17.2 Å². The van der Waals surface area contributed by atoms with Crippen LogP contribution in [0.15, 0.2) is 28.9 Å². The number of rotatable bonds is 5. The highest BCUT2D eigenvalue weighted by Crippen LogP contribution is 2.61. The first-order valence-electron chi connectivity index (χ1n) is 9.04. The van der Waals surface area contributed by atoms with Crippen molar-refractivity contribution in [3.8, 4) is 5.88 Å². The van der Waals surface area contributed by atoms with E-state index in [2.05, 4.69) is 20.9 Å². The number of hydrogen-bond acceptors (Lipinski definition) is 4. The third-order valence-electron chi connectivity index (χ3n) is 5.36. The summed E-state index contributed by atoms with van der Waals surface area (Å²) in [7, 11) is 0. The summed E-state index contributed by atoms with van der Waals surface area (Å²) in [6, 6.07) is 3.24. The van der Waals surface area contributed by atoms with Gasteiger partial charge in [0, 0.05) is 28.2 Å². The van der Waals surface area contributed by atoms with Crippen molar-refractivity contribution in [2.45, 2.75) is 32.0 Å². The lowest BCUT2D eigenvalue weighted by atomic mass is 10.0. The fraction of sp³-hybridized carbons (Fsp3) is 0.400. The normalized spacial score (nSPS) is 22.1. The van der Waals surface area contributed by atoms with Gasteiger partial charge in [0.1, 0.15) is 12.4 Å². The van der Waals surface area contributed by atoms with Crippen LogP contribution in [0.3, 0.4) is 0 Å². The van der Waals surface area contributed by atoms with Gasteiger partial charge in [0.05, 0.1) is 18.1 Å². The SMILES string of the molecule is CCOC(=O)[C@H]1[C@@H]2Cc3cc(OCc4cc(Br)c(C(F)(F)F)cc4F)ncc3[C@@H]21. The van der Waals surface area contributed by atoms with E-state index in [9.17, 15) is 22.4 Å². The van der Waals surface area contributed by atoms with E-state index in [0.29, 0.717) is 19.1 Å². The summed E-state index contributed by atoms with van der Waals surface area (Å²) in [5, 5.41) is 0. The van der Waals surface area contributed by atoms with E-state index in [1.807, 2.05) is 0 Å². The maximum Gasteiger partial charge on any atom is 0.417 e. The number of hydrogen-bond donors (Lipinski definition) is 0. The Bertz CT molecular complexity index is 979. The monoisotopic (exact) mass is 473 g/mol. The molecule has 0 N–H and O–H groups in total.